The van der Waals surface area contributed by atoms with E-state index in [9.17, 15) is 9.59 Å². The van der Waals surface area contributed by atoms with E-state index in [4.69, 9.17) is 0 Å². The van der Waals surface area contributed by atoms with Crippen LogP contribution in [0, 0.1) is 6.92 Å². The van der Waals surface area contributed by atoms with Gasteiger partial charge in [0.2, 0.25) is 5.91 Å². The van der Waals surface area contributed by atoms with Crippen molar-refractivity contribution in [2.75, 3.05) is 11.9 Å². The van der Waals surface area contributed by atoms with Gasteiger partial charge in [0.25, 0.3) is 5.91 Å². The molecule has 3 rings (SSSR count). The number of hydrogen-bond donors (Lipinski definition) is 1. The third kappa shape index (κ3) is 6.12. The summed E-state index contributed by atoms with van der Waals surface area (Å²) in [4.78, 5) is 30.5. The highest BCUT2D eigenvalue weighted by Gasteiger charge is 2.19. The summed E-state index contributed by atoms with van der Waals surface area (Å²) in [6.07, 6.45) is 8.22. The van der Waals surface area contributed by atoms with Crippen LogP contribution >= 0.6 is 0 Å². The highest BCUT2D eigenvalue weighted by Crippen LogP contribution is 2.26. The Morgan fingerprint density at radius 1 is 1.09 bits per heavy atom. The van der Waals surface area contributed by atoms with E-state index in [0.29, 0.717) is 17.9 Å². The number of allylic oxidation sites excluding steroid dienone is 2. The Balaban J connectivity index is 1.85. The molecule has 7 nitrogen and oxygen atoms in total. The molecule has 0 fully saturated rings. The lowest BCUT2D eigenvalue weighted by Gasteiger charge is -2.14. The predicted octanol–water partition coefficient (Wildman–Crippen LogP) is 5.09. The molecule has 182 valence electrons. The van der Waals surface area contributed by atoms with E-state index in [1.165, 1.54) is 23.0 Å². The summed E-state index contributed by atoms with van der Waals surface area (Å²) >= 11 is 0. The van der Waals surface area contributed by atoms with Gasteiger partial charge in [-0.2, -0.15) is 5.10 Å². The van der Waals surface area contributed by atoms with Crippen molar-refractivity contribution in [1.29, 1.82) is 0 Å². The highest BCUT2D eigenvalue weighted by molar-refractivity contribution is 6.20. The second-order valence-electron chi connectivity index (χ2n) is 8.52. The van der Waals surface area contributed by atoms with Crippen LogP contribution in [0.3, 0.4) is 0 Å². The first-order valence-corrected chi connectivity index (χ1v) is 11.7. The molecule has 0 saturated heterocycles. The summed E-state index contributed by atoms with van der Waals surface area (Å²) in [6, 6.07) is 11.8. The van der Waals surface area contributed by atoms with E-state index in [0.717, 1.165) is 28.9 Å². The molecule has 0 aliphatic carbocycles. The number of hydrogen-bond acceptors (Lipinski definition) is 4. The lowest BCUT2D eigenvalue weighted by molar-refractivity contribution is -0.116. The number of nitrogens with zero attached hydrogens (tertiary/aromatic N) is 4. The van der Waals surface area contributed by atoms with Crippen LogP contribution in [-0.4, -0.2) is 33.6 Å². The molecule has 0 saturated carbocycles. The zero-order chi connectivity index (χ0) is 25.5. The summed E-state index contributed by atoms with van der Waals surface area (Å²) < 4.78 is 1.87. The van der Waals surface area contributed by atoms with Crippen LogP contribution in [0.25, 0.3) is 17.3 Å². The lowest BCUT2D eigenvalue weighted by atomic mass is 10.0. The third-order valence-electron chi connectivity index (χ3n) is 5.93. The van der Waals surface area contributed by atoms with Gasteiger partial charge in [0.15, 0.2) is 0 Å². The number of carbonyl (C=O) groups is 2. The van der Waals surface area contributed by atoms with Gasteiger partial charge in [-0.1, -0.05) is 42.3 Å². The minimum atomic E-state index is -0.190. The zero-order valence-electron chi connectivity index (χ0n) is 21.3. The van der Waals surface area contributed by atoms with Crippen molar-refractivity contribution in [3.05, 3.63) is 82.8 Å². The fraction of sp³-hybridized carbons (Fsp3) is 0.286. The van der Waals surface area contributed by atoms with E-state index in [2.05, 4.69) is 35.3 Å². The smallest absolute Gasteiger partial charge is 0.251 e. The molecule has 1 N–H and O–H groups in total. The minimum absolute atomic E-state index is 0.0920. The number of amides is 2. The van der Waals surface area contributed by atoms with Gasteiger partial charge in [-0.3, -0.25) is 9.59 Å². The normalized spacial score (nSPS) is 11.9. The largest absolute Gasteiger partial charge is 0.348 e. The van der Waals surface area contributed by atoms with Crippen molar-refractivity contribution < 1.29 is 9.59 Å². The molecule has 2 amide bonds. The fourth-order valence-electron chi connectivity index (χ4n) is 3.50. The SMILES string of the molecule is C/C=C(/C(=O)NCc1ccc(N(C)C(C)=O)nc1)c1cnn(-c2ccc(C)cc2)c1/C=C(\C)CC. The quantitative estimate of drug-likeness (QED) is 0.464. The van der Waals surface area contributed by atoms with Crippen molar-refractivity contribution in [3.8, 4) is 5.69 Å². The third-order valence-corrected chi connectivity index (χ3v) is 5.93. The molecule has 0 aliphatic heterocycles. The van der Waals surface area contributed by atoms with Crippen molar-refractivity contribution in [2.45, 2.75) is 47.6 Å². The van der Waals surface area contributed by atoms with Crippen LogP contribution in [-0.2, 0) is 16.1 Å². The van der Waals surface area contributed by atoms with Crippen LogP contribution in [0.1, 0.15) is 56.5 Å². The number of anilines is 1. The number of aromatic nitrogens is 3. The molecule has 7 heteroatoms. The Hall–Kier alpha value is -4.00. The molecule has 3 aromatic rings. The topological polar surface area (TPSA) is 80.1 Å². The molecule has 2 heterocycles. The minimum Gasteiger partial charge on any atom is -0.348 e. The van der Waals surface area contributed by atoms with Crippen molar-refractivity contribution in [1.82, 2.24) is 20.1 Å². The second kappa shape index (κ2) is 11.4. The van der Waals surface area contributed by atoms with Crippen LogP contribution < -0.4 is 10.2 Å². The molecule has 0 aliphatic rings. The standard InChI is InChI=1S/C28H33N5O2/c1-7-19(3)15-26-25(18-31-33(26)23-12-9-20(4)10-13-23)24(8-2)28(35)30-17-22-11-14-27(29-16-22)32(6)21(5)34/h8-16,18H,7,17H2,1-6H3,(H,30,35)/b19-15+,24-8+. The number of carbonyl (C=O) groups excluding carboxylic acids is 2. The van der Waals surface area contributed by atoms with Crippen LogP contribution in [0.15, 0.2) is 60.4 Å². The van der Waals surface area contributed by atoms with Gasteiger partial charge in [-0.25, -0.2) is 9.67 Å². The van der Waals surface area contributed by atoms with Gasteiger partial charge in [0, 0.05) is 37.8 Å². The molecule has 0 atom stereocenters. The van der Waals surface area contributed by atoms with Gasteiger partial charge < -0.3 is 10.2 Å². The number of rotatable bonds is 8. The number of benzene rings is 1. The molecule has 2 aromatic heterocycles. The Labute approximate surface area is 207 Å². The molecule has 0 unspecified atom stereocenters. The molecule has 1 aromatic carbocycles. The molecule has 0 bridgehead atoms. The molecular formula is C28H33N5O2. The van der Waals surface area contributed by atoms with Crippen LogP contribution in [0.2, 0.25) is 0 Å². The second-order valence-corrected chi connectivity index (χ2v) is 8.52. The molecule has 0 spiro atoms. The average Bonchev–Trinajstić information content (AvgIpc) is 3.26. The summed E-state index contributed by atoms with van der Waals surface area (Å²) in [5.41, 5.74) is 6.34. The van der Waals surface area contributed by atoms with Gasteiger partial charge in [-0.05, 0) is 57.0 Å². The van der Waals surface area contributed by atoms with Gasteiger partial charge in [-0.15, -0.1) is 0 Å². The highest BCUT2D eigenvalue weighted by atomic mass is 16.2. The van der Waals surface area contributed by atoms with Gasteiger partial charge >= 0.3 is 0 Å². The van der Waals surface area contributed by atoms with Crippen LogP contribution in [0.5, 0.6) is 0 Å². The average molecular weight is 472 g/mol. The van der Waals surface area contributed by atoms with Crippen LogP contribution in [0.4, 0.5) is 5.82 Å². The van der Waals surface area contributed by atoms with E-state index < -0.39 is 0 Å². The van der Waals surface area contributed by atoms with Crippen molar-refractivity contribution >= 4 is 29.3 Å². The Morgan fingerprint density at radius 2 is 1.80 bits per heavy atom. The van der Waals surface area contributed by atoms with E-state index in [1.54, 1.807) is 25.5 Å². The first-order chi connectivity index (χ1) is 16.7. The summed E-state index contributed by atoms with van der Waals surface area (Å²) in [6.45, 7) is 9.89. The van der Waals surface area contributed by atoms with E-state index >= 15 is 0 Å². The lowest BCUT2D eigenvalue weighted by Crippen LogP contribution is -2.25. The van der Waals surface area contributed by atoms with Gasteiger partial charge in [0.1, 0.15) is 5.82 Å². The molecule has 35 heavy (non-hydrogen) atoms. The number of nitrogens with one attached hydrogen (secondary N) is 1. The monoisotopic (exact) mass is 471 g/mol. The Kier molecular flexibility index (Phi) is 8.36. The molecule has 0 radical (unpaired) electrons. The number of pyridine rings is 1. The zero-order valence-corrected chi connectivity index (χ0v) is 21.3. The van der Waals surface area contributed by atoms with Crippen molar-refractivity contribution in [2.24, 2.45) is 0 Å². The first kappa shape index (κ1) is 25.6. The van der Waals surface area contributed by atoms with Crippen molar-refractivity contribution in [3.63, 3.8) is 0 Å². The maximum Gasteiger partial charge on any atom is 0.251 e. The molecular weight excluding hydrogens is 438 g/mol. The van der Waals surface area contributed by atoms with E-state index in [1.807, 2.05) is 54.9 Å². The van der Waals surface area contributed by atoms with E-state index in [-0.39, 0.29) is 11.8 Å². The summed E-state index contributed by atoms with van der Waals surface area (Å²) in [5, 5.41) is 7.61. The fourth-order valence-corrected chi connectivity index (χ4v) is 3.50. The predicted molar refractivity (Wildman–Crippen MR) is 141 cm³/mol. The first-order valence-electron chi connectivity index (χ1n) is 11.7. The summed E-state index contributed by atoms with van der Waals surface area (Å²) in [5.74, 6) is 0.281. The maximum absolute atomic E-state index is 13.2. The summed E-state index contributed by atoms with van der Waals surface area (Å²) in [7, 11) is 1.67. The Morgan fingerprint density at radius 3 is 2.37 bits per heavy atom. The van der Waals surface area contributed by atoms with Gasteiger partial charge in [0.05, 0.1) is 17.6 Å². The maximum atomic E-state index is 13.2. The Bertz CT molecular complexity index is 1250. The number of aryl methyl sites for hydroxylation is 1.